The standard InChI is InChI=1S/C23H26N4O4/c1-15(2)20(27-23(30)31-14-16-7-4-3-5-8-16)22(29)26-19(21(25)28)12-17-9-6-10-18(11-17)13-24/h3-11,15,19-20H,12,14H2,1-2H3,(H2,25,28)(H,26,29)(H,27,30)/t19-,20-/m1/s1. The molecule has 0 fully saturated rings. The molecule has 0 radical (unpaired) electrons. The van der Waals surface area contributed by atoms with Crippen LogP contribution in [0, 0.1) is 17.2 Å². The number of carbonyl (C=O) groups excluding carboxylic acids is 3. The van der Waals surface area contributed by atoms with Gasteiger partial charge in [0.2, 0.25) is 11.8 Å². The van der Waals surface area contributed by atoms with Crippen molar-refractivity contribution in [2.75, 3.05) is 0 Å². The van der Waals surface area contributed by atoms with Gasteiger partial charge in [0.05, 0.1) is 11.6 Å². The average Bonchev–Trinajstić information content (AvgIpc) is 2.76. The van der Waals surface area contributed by atoms with E-state index in [4.69, 9.17) is 15.7 Å². The lowest BCUT2D eigenvalue weighted by molar-refractivity contribution is -0.129. The van der Waals surface area contributed by atoms with Crippen molar-refractivity contribution in [3.8, 4) is 6.07 Å². The van der Waals surface area contributed by atoms with Crippen molar-refractivity contribution in [2.45, 2.75) is 39.0 Å². The first-order valence-electron chi connectivity index (χ1n) is 9.86. The van der Waals surface area contributed by atoms with Gasteiger partial charge in [-0.1, -0.05) is 56.3 Å². The lowest BCUT2D eigenvalue weighted by Gasteiger charge is -2.24. The van der Waals surface area contributed by atoms with E-state index in [1.807, 2.05) is 36.4 Å². The maximum Gasteiger partial charge on any atom is 0.408 e. The monoisotopic (exact) mass is 422 g/mol. The van der Waals surface area contributed by atoms with E-state index >= 15 is 0 Å². The van der Waals surface area contributed by atoms with Crippen LogP contribution >= 0.6 is 0 Å². The normalized spacial score (nSPS) is 12.3. The first-order valence-corrected chi connectivity index (χ1v) is 9.86. The number of ether oxygens (including phenoxy) is 1. The molecule has 8 heteroatoms. The van der Waals surface area contributed by atoms with Crippen LogP contribution in [-0.4, -0.2) is 30.0 Å². The number of amides is 3. The van der Waals surface area contributed by atoms with Gasteiger partial charge in [0.1, 0.15) is 18.7 Å². The predicted molar refractivity (Wildman–Crippen MR) is 114 cm³/mol. The molecule has 2 atom stereocenters. The first-order chi connectivity index (χ1) is 14.8. The molecule has 0 aliphatic carbocycles. The molecule has 2 rings (SSSR count). The fourth-order valence-electron chi connectivity index (χ4n) is 2.91. The van der Waals surface area contributed by atoms with Gasteiger partial charge in [-0.2, -0.15) is 5.26 Å². The maximum atomic E-state index is 12.8. The molecule has 3 amide bonds. The van der Waals surface area contributed by atoms with E-state index in [0.717, 1.165) is 5.56 Å². The quantitative estimate of drug-likeness (QED) is 0.568. The summed E-state index contributed by atoms with van der Waals surface area (Å²) in [5, 5.41) is 14.2. The third kappa shape index (κ3) is 7.48. The summed E-state index contributed by atoms with van der Waals surface area (Å²) < 4.78 is 5.18. The molecule has 4 N–H and O–H groups in total. The van der Waals surface area contributed by atoms with Gasteiger partial charge in [0.15, 0.2) is 0 Å². The fourth-order valence-corrected chi connectivity index (χ4v) is 2.91. The molecule has 2 aromatic carbocycles. The van der Waals surface area contributed by atoms with Gasteiger partial charge in [-0.15, -0.1) is 0 Å². The molecule has 0 unspecified atom stereocenters. The Morgan fingerprint density at radius 3 is 2.32 bits per heavy atom. The van der Waals surface area contributed by atoms with Crippen molar-refractivity contribution >= 4 is 17.9 Å². The van der Waals surface area contributed by atoms with Crippen molar-refractivity contribution in [2.24, 2.45) is 11.7 Å². The second kappa shape index (κ2) is 11.4. The maximum absolute atomic E-state index is 12.8. The van der Waals surface area contributed by atoms with Gasteiger partial charge in [0.25, 0.3) is 0 Å². The van der Waals surface area contributed by atoms with Crippen molar-refractivity contribution in [1.29, 1.82) is 5.26 Å². The Morgan fingerprint density at radius 2 is 1.71 bits per heavy atom. The number of benzene rings is 2. The second-order valence-corrected chi connectivity index (χ2v) is 7.41. The molecule has 31 heavy (non-hydrogen) atoms. The Balaban J connectivity index is 2.00. The van der Waals surface area contributed by atoms with E-state index in [0.29, 0.717) is 11.1 Å². The summed E-state index contributed by atoms with van der Waals surface area (Å²) in [5.74, 6) is -1.53. The molecule has 2 aromatic rings. The molecule has 0 saturated carbocycles. The molecule has 0 aromatic heterocycles. The van der Waals surface area contributed by atoms with Gasteiger partial charge in [-0.25, -0.2) is 4.79 Å². The number of hydrogen-bond donors (Lipinski definition) is 3. The SMILES string of the molecule is CC(C)[C@@H](NC(=O)OCc1ccccc1)C(=O)N[C@H](Cc1cccc(C#N)c1)C(N)=O. The summed E-state index contributed by atoms with van der Waals surface area (Å²) >= 11 is 0. The highest BCUT2D eigenvalue weighted by Crippen LogP contribution is 2.09. The van der Waals surface area contributed by atoms with Crippen LogP contribution < -0.4 is 16.4 Å². The summed E-state index contributed by atoms with van der Waals surface area (Å²) in [7, 11) is 0. The number of rotatable bonds is 9. The molecule has 0 bridgehead atoms. The number of nitrogens with zero attached hydrogens (tertiary/aromatic N) is 1. The molecule has 0 spiro atoms. The summed E-state index contributed by atoms with van der Waals surface area (Å²) in [6.45, 7) is 3.59. The van der Waals surface area contributed by atoms with E-state index in [1.54, 1.807) is 38.1 Å². The van der Waals surface area contributed by atoms with E-state index < -0.39 is 30.0 Å². The minimum atomic E-state index is -0.996. The smallest absolute Gasteiger partial charge is 0.408 e. The first kappa shape index (κ1) is 23.4. The Labute approximate surface area is 181 Å². The number of carbonyl (C=O) groups is 3. The lowest BCUT2D eigenvalue weighted by Crippen LogP contribution is -2.55. The Bertz CT molecular complexity index is 954. The summed E-state index contributed by atoms with van der Waals surface area (Å²) in [5.41, 5.74) is 7.40. The van der Waals surface area contributed by atoms with Gasteiger partial charge < -0.3 is 21.1 Å². The Kier molecular flexibility index (Phi) is 8.58. The van der Waals surface area contributed by atoms with Crippen molar-refractivity contribution in [3.05, 3.63) is 71.3 Å². The van der Waals surface area contributed by atoms with Crippen molar-refractivity contribution < 1.29 is 19.1 Å². The number of nitrogens with one attached hydrogen (secondary N) is 2. The minimum Gasteiger partial charge on any atom is -0.445 e. The number of nitrogens with two attached hydrogens (primary N) is 1. The fraction of sp³-hybridized carbons (Fsp3) is 0.304. The molecule has 8 nitrogen and oxygen atoms in total. The molecular weight excluding hydrogens is 396 g/mol. The van der Waals surface area contributed by atoms with Gasteiger partial charge in [-0.05, 0) is 29.2 Å². The summed E-state index contributed by atoms with van der Waals surface area (Å²) in [6.07, 6.45) is -0.616. The zero-order valence-corrected chi connectivity index (χ0v) is 17.5. The van der Waals surface area contributed by atoms with Crippen LogP contribution in [0.5, 0.6) is 0 Å². The van der Waals surface area contributed by atoms with Crippen LogP contribution in [-0.2, 0) is 27.4 Å². The van der Waals surface area contributed by atoms with Crippen LogP contribution in [0.3, 0.4) is 0 Å². The molecular formula is C23H26N4O4. The zero-order valence-electron chi connectivity index (χ0n) is 17.5. The Hall–Kier alpha value is -3.86. The molecule has 0 heterocycles. The summed E-state index contributed by atoms with van der Waals surface area (Å²) in [4.78, 5) is 36.9. The third-order valence-corrected chi connectivity index (χ3v) is 4.59. The highest BCUT2D eigenvalue weighted by molar-refractivity contribution is 5.91. The second-order valence-electron chi connectivity index (χ2n) is 7.41. The van der Waals surface area contributed by atoms with E-state index in [1.165, 1.54) is 0 Å². The van der Waals surface area contributed by atoms with Crippen molar-refractivity contribution in [3.63, 3.8) is 0 Å². The number of hydrogen-bond acceptors (Lipinski definition) is 5. The minimum absolute atomic E-state index is 0.0677. The van der Waals surface area contributed by atoms with Gasteiger partial charge in [0, 0.05) is 6.42 Å². The zero-order chi connectivity index (χ0) is 22.8. The number of primary amides is 1. The topological polar surface area (TPSA) is 134 Å². The van der Waals surface area contributed by atoms with Gasteiger partial charge >= 0.3 is 6.09 Å². The van der Waals surface area contributed by atoms with E-state index in [2.05, 4.69) is 10.6 Å². The van der Waals surface area contributed by atoms with Crippen LogP contribution in [0.4, 0.5) is 4.79 Å². The predicted octanol–water partition coefficient (Wildman–Crippen LogP) is 2.02. The molecule has 0 aliphatic rings. The third-order valence-electron chi connectivity index (χ3n) is 4.59. The van der Waals surface area contributed by atoms with Crippen molar-refractivity contribution in [1.82, 2.24) is 10.6 Å². The highest BCUT2D eigenvalue weighted by Gasteiger charge is 2.28. The highest BCUT2D eigenvalue weighted by atomic mass is 16.5. The van der Waals surface area contributed by atoms with Crippen LogP contribution in [0.2, 0.25) is 0 Å². The largest absolute Gasteiger partial charge is 0.445 e. The van der Waals surface area contributed by atoms with Gasteiger partial charge in [-0.3, -0.25) is 9.59 Å². The number of alkyl carbamates (subject to hydrolysis) is 1. The van der Waals surface area contributed by atoms with E-state index in [9.17, 15) is 14.4 Å². The van der Waals surface area contributed by atoms with E-state index in [-0.39, 0.29) is 18.9 Å². The number of nitriles is 1. The lowest BCUT2D eigenvalue weighted by atomic mass is 10.0. The molecule has 0 saturated heterocycles. The average molecular weight is 422 g/mol. The van der Waals surface area contributed by atoms with Crippen LogP contribution in [0.15, 0.2) is 54.6 Å². The molecule has 0 aliphatic heterocycles. The summed E-state index contributed by atoms with van der Waals surface area (Å²) in [6, 6.07) is 16.0. The van der Waals surface area contributed by atoms with Crippen LogP contribution in [0.25, 0.3) is 0 Å². The molecule has 162 valence electrons. The Morgan fingerprint density at radius 1 is 1.03 bits per heavy atom. The van der Waals surface area contributed by atoms with Crippen LogP contribution in [0.1, 0.15) is 30.5 Å².